The van der Waals surface area contributed by atoms with Crippen LogP contribution in [-0.2, 0) is 16.3 Å². The van der Waals surface area contributed by atoms with Gasteiger partial charge in [-0.25, -0.2) is 8.42 Å². The van der Waals surface area contributed by atoms with Crippen molar-refractivity contribution >= 4 is 9.84 Å². The van der Waals surface area contributed by atoms with E-state index in [2.05, 4.69) is 0 Å². The van der Waals surface area contributed by atoms with E-state index in [1.807, 2.05) is 20.8 Å². The first-order chi connectivity index (χ1) is 8.36. The lowest BCUT2D eigenvalue weighted by Gasteiger charge is -2.14. The molecule has 0 aliphatic carbocycles. The van der Waals surface area contributed by atoms with Crippen LogP contribution in [0, 0.1) is 5.92 Å². The van der Waals surface area contributed by atoms with Crippen LogP contribution in [0.2, 0.25) is 0 Å². The predicted octanol–water partition coefficient (Wildman–Crippen LogP) is 2.43. The number of aliphatic hydroxyl groups is 1. The van der Waals surface area contributed by atoms with Crippen molar-refractivity contribution in [1.29, 1.82) is 0 Å². The van der Waals surface area contributed by atoms with Crippen LogP contribution in [0.5, 0.6) is 0 Å². The van der Waals surface area contributed by atoms with Gasteiger partial charge in [-0.05, 0) is 36.5 Å². The molecule has 1 N–H and O–H groups in total. The van der Waals surface area contributed by atoms with Crippen molar-refractivity contribution in [2.75, 3.05) is 5.75 Å². The molecule has 1 rings (SSSR count). The molecule has 0 radical (unpaired) electrons. The van der Waals surface area contributed by atoms with Crippen molar-refractivity contribution in [2.24, 2.45) is 5.92 Å². The smallest absolute Gasteiger partial charge is 0.178 e. The second-order valence-corrected chi connectivity index (χ2v) is 7.09. The molecule has 102 valence electrons. The lowest BCUT2D eigenvalue weighted by atomic mass is 9.99. The van der Waals surface area contributed by atoms with E-state index in [1.165, 1.54) is 0 Å². The molecule has 0 spiro atoms. The first kappa shape index (κ1) is 15.2. The summed E-state index contributed by atoms with van der Waals surface area (Å²) in [6, 6.07) is 6.84. The van der Waals surface area contributed by atoms with Crippen molar-refractivity contribution in [3.8, 4) is 0 Å². The SMILES string of the molecule is CCCS(=O)(=O)c1ccc(CC(O)C(C)C)cc1. The number of hydrogen-bond donors (Lipinski definition) is 1. The molecule has 1 unspecified atom stereocenters. The van der Waals surface area contributed by atoms with E-state index in [0.717, 1.165) is 5.56 Å². The van der Waals surface area contributed by atoms with E-state index in [1.54, 1.807) is 24.3 Å². The van der Waals surface area contributed by atoms with Gasteiger partial charge in [-0.2, -0.15) is 0 Å². The lowest BCUT2D eigenvalue weighted by molar-refractivity contribution is 0.125. The Morgan fingerprint density at radius 1 is 1.17 bits per heavy atom. The summed E-state index contributed by atoms with van der Waals surface area (Å²) in [7, 11) is -3.13. The molecular formula is C14H22O3S. The fourth-order valence-electron chi connectivity index (χ4n) is 1.70. The molecule has 0 heterocycles. The Morgan fingerprint density at radius 3 is 2.17 bits per heavy atom. The molecule has 0 bridgehead atoms. The van der Waals surface area contributed by atoms with Gasteiger partial charge in [0, 0.05) is 0 Å². The third kappa shape index (κ3) is 4.10. The van der Waals surface area contributed by atoms with Crippen molar-refractivity contribution in [2.45, 2.75) is 44.6 Å². The van der Waals surface area contributed by atoms with Gasteiger partial charge in [0.25, 0.3) is 0 Å². The normalized spacial score (nSPS) is 13.8. The second kappa shape index (κ2) is 6.34. The highest BCUT2D eigenvalue weighted by atomic mass is 32.2. The molecule has 0 aromatic heterocycles. The molecule has 18 heavy (non-hydrogen) atoms. The first-order valence-corrected chi connectivity index (χ1v) is 8.01. The summed E-state index contributed by atoms with van der Waals surface area (Å²) in [6.45, 7) is 5.78. The van der Waals surface area contributed by atoms with Gasteiger partial charge in [-0.3, -0.25) is 0 Å². The van der Waals surface area contributed by atoms with Crippen molar-refractivity contribution in [1.82, 2.24) is 0 Å². The summed E-state index contributed by atoms with van der Waals surface area (Å²) < 4.78 is 23.6. The Kier molecular flexibility index (Phi) is 5.35. The van der Waals surface area contributed by atoms with Gasteiger partial charge in [-0.15, -0.1) is 0 Å². The van der Waals surface area contributed by atoms with Crippen LogP contribution in [-0.4, -0.2) is 25.4 Å². The molecular weight excluding hydrogens is 248 g/mol. The molecule has 0 aliphatic rings. The Labute approximate surface area is 110 Å². The van der Waals surface area contributed by atoms with Gasteiger partial charge in [0.1, 0.15) is 0 Å². The zero-order valence-electron chi connectivity index (χ0n) is 11.3. The van der Waals surface area contributed by atoms with Crippen molar-refractivity contribution in [3.63, 3.8) is 0 Å². The standard InChI is InChI=1S/C14H22O3S/c1-4-9-18(16,17)13-7-5-12(6-8-13)10-14(15)11(2)3/h5-8,11,14-15H,4,9-10H2,1-3H3. The fourth-order valence-corrected chi connectivity index (χ4v) is 3.02. The number of sulfone groups is 1. The molecule has 4 heteroatoms. The van der Waals surface area contributed by atoms with E-state index in [-0.39, 0.29) is 17.8 Å². The molecule has 0 aliphatic heterocycles. The number of benzene rings is 1. The Balaban J connectivity index is 2.81. The minimum absolute atomic E-state index is 0.182. The highest BCUT2D eigenvalue weighted by molar-refractivity contribution is 7.91. The zero-order valence-corrected chi connectivity index (χ0v) is 12.1. The lowest BCUT2D eigenvalue weighted by Crippen LogP contribution is -2.17. The van der Waals surface area contributed by atoms with E-state index < -0.39 is 9.84 Å². The van der Waals surface area contributed by atoms with Gasteiger partial charge >= 0.3 is 0 Å². The maximum Gasteiger partial charge on any atom is 0.178 e. The molecule has 3 nitrogen and oxygen atoms in total. The number of rotatable bonds is 6. The monoisotopic (exact) mass is 270 g/mol. The summed E-state index contributed by atoms with van der Waals surface area (Å²) in [5.41, 5.74) is 0.964. The Hall–Kier alpha value is -0.870. The minimum atomic E-state index is -3.13. The summed E-state index contributed by atoms with van der Waals surface area (Å²) in [5.74, 6) is 0.384. The summed E-state index contributed by atoms with van der Waals surface area (Å²) in [5, 5.41) is 9.78. The average molecular weight is 270 g/mol. The van der Waals surface area contributed by atoms with Gasteiger partial charge in [0.05, 0.1) is 16.8 Å². The highest BCUT2D eigenvalue weighted by Crippen LogP contribution is 2.16. The van der Waals surface area contributed by atoms with E-state index in [9.17, 15) is 13.5 Å². The van der Waals surface area contributed by atoms with Gasteiger partial charge in [0.15, 0.2) is 9.84 Å². The maximum atomic E-state index is 11.8. The van der Waals surface area contributed by atoms with Gasteiger partial charge in [0.2, 0.25) is 0 Å². The van der Waals surface area contributed by atoms with Crippen molar-refractivity contribution in [3.05, 3.63) is 29.8 Å². The quantitative estimate of drug-likeness (QED) is 0.863. The van der Waals surface area contributed by atoms with E-state index >= 15 is 0 Å². The third-order valence-corrected chi connectivity index (χ3v) is 4.91. The van der Waals surface area contributed by atoms with Crippen LogP contribution in [0.4, 0.5) is 0 Å². The zero-order chi connectivity index (χ0) is 13.8. The van der Waals surface area contributed by atoms with Crippen molar-refractivity contribution < 1.29 is 13.5 Å². The van der Waals surface area contributed by atoms with Crippen LogP contribution in [0.3, 0.4) is 0 Å². The van der Waals surface area contributed by atoms with Crippen LogP contribution >= 0.6 is 0 Å². The summed E-state index contributed by atoms with van der Waals surface area (Å²) >= 11 is 0. The molecule has 0 saturated carbocycles. The predicted molar refractivity (Wildman–Crippen MR) is 73.3 cm³/mol. The highest BCUT2D eigenvalue weighted by Gasteiger charge is 2.14. The molecule has 0 saturated heterocycles. The maximum absolute atomic E-state index is 11.8. The first-order valence-electron chi connectivity index (χ1n) is 6.36. The average Bonchev–Trinajstić information content (AvgIpc) is 2.29. The van der Waals surface area contributed by atoms with E-state index in [0.29, 0.717) is 17.7 Å². The molecule has 1 aromatic rings. The van der Waals surface area contributed by atoms with E-state index in [4.69, 9.17) is 0 Å². The third-order valence-electron chi connectivity index (χ3n) is 2.97. The number of hydrogen-bond acceptors (Lipinski definition) is 3. The Bertz CT molecular complexity index is 460. The number of aliphatic hydroxyl groups excluding tert-OH is 1. The second-order valence-electron chi connectivity index (χ2n) is 4.98. The summed E-state index contributed by atoms with van der Waals surface area (Å²) in [6.07, 6.45) is 0.796. The molecule has 0 amide bonds. The fraction of sp³-hybridized carbons (Fsp3) is 0.571. The molecule has 0 fully saturated rings. The topological polar surface area (TPSA) is 54.4 Å². The molecule has 1 atom stereocenters. The van der Waals surface area contributed by atoms with Crippen LogP contribution in [0.25, 0.3) is 0 Å². The Morgan fingerprint density at radius 2 is 1.72 bits per heavy atom. The van der Waals surface area contributed by atoms with Crippen LogP contribution < -0.4 is 0 Å². The van der Waals surface area contributed by atoms with Gasteiger partial charge in [-0.1, -0.05) is 32.9 Å². The van der Waals surface area contributed by atoms with Crippen LogP contribution in [0.1, 0.15) is 32.8 Å². The summed E-state index contributed by atoms with van der Waals surface area (Å²) in [4.78, 5) is 0.368. The minimum Gasteiger partial charge on any atom is -0.393 e. The molecule has 1 aromatic carbocycles. The van der Waals surface area contributed by atoms with Crippen LogP contribution in [0.15, 0.2) is 29.2 Å². The largest absolute Gasteiger partial charge is 0.393 e. The van der Waals surface area contributed by atoms with Gasteiger partial charge < -0.3 is 5.11 Å².